The predicted octanol–water partition coefficient (Wildman–Crippen LogP) is 2.00. The van der Waals surface area contributed by atoms with E-state index in [9.17, 15) is 14.4 Å². The highest BCUT2D eigenvalue weighted by molar-refractivity contribution is 8.14. The molecule has 1 aromatic heterocycles. The summed E-state index contributed by atoms with van der Waals surface area (Å²) in [6.07, 6.45) is 0. The molecule has 0 radical (unpaired) electrons. The Morgan fingerprint density at radius 1 is 1.43 bits per heavy atom. The highest BCUT2D eigenvalue weighted by Crippen LogP contribution is 2.24. The number of carbonyl (C=O) groups is 3. The minimum absolute atomic E-state index is 0.193. The number of rotatable bonds is 5. The molecule has 1 N–H and O–H groups in total. The number of thioether (sulfide) groups is 1. The normalized spacial score (nSPS) is 15.1. The van der Waals surface area contributed by atoms with Crippen molar-refractivity contribution in [3.05, 3.63) is 15.6 Å². The van der Waals surface area contributed by atoms with Crippen molar-refractivity contribution >= 4 is 40.2 Å². The van der Waals surface area contributed by atoms with Gasteiger partial charge in [0.25, 0.3) is 11.1 Å². The van der Waals surface area contributed by atoms with Crippen LogP contribution in [0.5, 0.6) is 0 Å². The van der Waals surface area contributed by atoms with Gasteiger partial charge in [-0.1, -0.05) is 25.6 Å². The second-order valence-electron chi connectivity index (χ2n) is 4.98. The van der Waals surface area contributed by atoms with Crippen LogP contribution >= 0.6 is 23.1 Å². The zero-order valence-electron chi connectivity index (χ0n) is 12.1. The first kappa shape index (κ1) is 16.0. The average Bonchev–Trinajstić information content (AvgIpc) is 2.95. The van der Waals surface area contributed by atoms with E-state index in [2.05, 4.69) is 10.3 Å². The Balaban J connectivity index is 1.90. The zero-order valence-corrected chi connectivity index (χ0v) is 13.8. The molecule has 0 atom stereocenters. The van der Waals surface area contributed by atoms with Gasteiger partial charge in [-0.05, 0) is 6.92 Å². The van der Waals surface area contributed by atoms with Gasteiger partial charge in [0.15, 0.2) is 0 Å². The third kappa shape index (κ3) is 3.62. The summed E-state index contributed by atoms with van der Waals surface area (Å²) < 4.78 is 0. The highest BCUT2D eigenvalue weighted by Gasteiger charge is 2.29. The number of aromatic nitrogens is 1. The molecule has 114 valence electrons. The summed E-state index contributed by atoms with van der Waals surface area (Å²) in [7, 11) is 0. The molecule has 2 heterocycles. The van der Waals surface area contributed by atoms with Crippen LogP contribution in [0.4, 0.5) is 4.79 Å². The van der Waals surface area contributed by atoms with Crippen LogP contribution in [0.1, 0.15) is 40.1 Å². The van der Waals surface area contributed by atoms with Gasteiger partial charge in [0.1, 0.15) is 4.88 Å². The van der Waals surface area contributed by atoms with Crippen LogP contribution in [0.25, 0.3) is 0 Å². The third-order valence-corrected chi connectivity index (χ3v) is 5.29. The molecule has 1 aromatic rings. The topological polar surface area (TPSA) is 79.4 Å². The van der Waals surface area contributed by atoms with Crippen LogP contribution in [0.2, 0.25) is 0 Å². The van der Waals surface area contributed by atoms with E-state index in [1.807, 2.05) is 13.8 Å². The molecule has 21 heavy (non-hydrogen) atoms. The molecule has 0 spiro atoms. The Bertz CT molecular complexity index is 567. The summed E-state index contributed by atoms with van der Waals surface area (Å²) in [5, 5.41) is 3.42. The van der Waals surface area contributed by atoms with Gasteiger partial charge >= 0.3 is 0 Å². The van der Waals surface area contributed by atoms with Crippen molar-refractivity contribution in [2.45, 2.75) is 26.7 Å². The number of hydrogen-bond acceptors (Lipinski definition) is 6. The van der Waals surface area contributed by atoms with Gasteiger partial charge in [0.2, 0.25) is 5.91 Å². The Hall–Kier alpha value is -1.41. The van der Waals surface area contributed by atoms with Gasteiger partial charge in [-0.3, -0.25) is 19.3 Å². The Kier molecular flexibility index (Phi) is 5.00. The summed E-state index contributed by atoms with van der Waals surface area (Å²) in [6, 6.07) is 0. The van der Waals surface area contributed by atoms with Crippen LogP contribution in [0.15, 0.2) is 0 Å². The number of hydrogen-bond donors (Lipinski definition) is 1. The first-order valence-corrected chi connectivity index (χ1v) is 8.43. The van der Waals surface area contributed by atoms with E-state index in [1.54, 1.807) is 6.92 Å². The van der Waals surface area contributed by atoms with Crippen molar-refractivity contribution < 1.29 is 14.4 Å². The van der Waals surface area contributed by atoms with Gasteiger partial charge < -0.3 is 5.32 Å². The fourth-order valence-electron chi connectivity index (χ4n) is 1.83. The first-order chi connectivity index (χ1) is 9.90. The second kappa shape index (κ2) is 6.57. The van der Waals surface area contributed by atoms with Gasteiger partial charge in [0, 0.05) is 19.0 Å². The molecule has 0 unspecified atom stereocenters. The third-order valence-electron chi connectivity index (χ3n) is 2.97. The maximum absolute atomic E-state index is 12.1. The average molecular weight is 327 g/mol. The SMILES string of the molecule is Cc1nc(C(C)C)sc1C(=O)NCCN1C(=O)CSC1=O. The lowest BCUT2D eigenvalue weighted by molar-refractivity contribution is -0.124. The van der Waals surface area contributed by atoms with E-state index in [1.165, 1.54) is 16.2 Å². The number of nitrogens with zero attached hydrogens (tertiary/aromatic N) is 2. The van der Waals surface area contributed by atoms with Gasteiger partial charge in [-0.15, -0.1) is 11.3 Å². The summed E-state index contributed by atoms with van der Waals surface area (Å²) in [4.78, 5) is 41.1. The minimum Gasteiger partial charge on any atom is -0.349 e. The van der Waals surface area contributed by atoms with Crippen LogP contribution in [0, 0.1) is 6.92 Å². The van der Waals surface area contributed by atoms with E-state index >= 15 is 0 Å². The van der Waals surface area contributed by atoms with Crippen molar-refractivity contribution in [1.82, 2.24) is 15.2 Å². The van der Waals surface area contributed by atoms with Crippen molar-refractivity contribution in [2.75, 3.05) is 18.8 Å². The predicted molar refractivity (Wildman–Crippen MR) is 82.8 cm³/mol. The minimum atomic E-state index is -0.245. The fourth-order valence-corrected chi connectivity index (χ4v) is 3.57. The standard InChI is InChI=1S/C13H17N3O3S2/c1-7(2)12-15-8(3)10(21-12)11(18)14-4-5-16-9(17)6-20-13(16)19/h7H,4-6H2,1-3H3,(H,14,18). The maximum atomic E-state index is 12.1. The molecular formula is C13H17N3O3S2. The van der Waals surface area contributed by atoms with Gasteiger partial charge in [0.05, 0.1) is 16.5 Å². The van der Waals surface area contributed by atoms with Crippen molar-refractivity contribution in [2.24, 2.45) is 0 Å². The molecule has 8 heteroatoms. The van der Waals surface area contributed by atoms with E-state index in [-0.39, 0.29) is 41.8 Å². The van der Waals surface area contributed by atoms with Crippen LogP contribution in [-0.4, -0.2) is 45.8 Å². The lowest BCUT2D eigenvalue weighted by atomic mass is 10.2. The van der Waals surface area contributed by atoms with E-state index in [0.29, 0.717) is 10.6 Å². The quantitative estimate of drug-likeness (QED) is 0.895. The largest absolute Gasteiger partial charge is 0.349 e. The Morgan fingerprint density at radius 2 is 2.14 bits per heavy atom. The number of nitrogens with one attached hydrogen (secondary N) is 1. The highest BCUT2D eigenvalue weighted by atomic mass is 32.2. The smallest absolute Gasteiger partial charge is 0.288 e. The second-order valence-corrected chi connectivity index (χ2v) is 6.93. The van der Waals surface area contributed by atoms with E-state index < -0.39 is 0 Å². The van der Waals surface area contributed by atoms with Crippen molar-refractivity contribution in [3.8, 4) is 0 Å². The molecule has 1 fully saturated rings. The number of carbonyl (C=O) groups excluding carboxylic acids is 3. The molecule has 1 aliphatic heterocycles. The lowest BCUT2D eigenvalue weighted by Crippen LogP contribution is -2.37. The van der Waals surface area contributed by atoms with Crippen LogP contribution < -0.4 is 5.32 Å². The molecule has 1 aliphatic rings. The van der Waals surface area contributed by atoms with E-state index in [0.717, 1.165) is 16.8 Å². The molecule has 0 bridgehead atoms. The summed E-state index contributed by atoms with van der Waals surface area (Å²) >= 11 is 2.38. The lowest BCUT2D eigenvalue weighted by Gasteiger charge is -2.12. The van der Waals surface area contributed by atoms with Crippen LogP contribution in [-0.2, 0) is 4.79 Å². The maximum Gasteiger partial charge on any atom is 0.288 e. The molecule has 0 aliphatic carbocycles. The number of amides is 3. The van der Waals surface area contributed by atoms with Gasteiger partial charge in [-0.25, -0.2) is 4.98 Å². The number of aryl methyl sites for hydroxylation is 1. The molecule has 0 saturated carbocycles. The molecule has 1 saturated heterocycles. The Labute approximate surface area is 131 Å². The first-order valence-electron chi connectivity index (χ1n) is 6.62. The number of imide groups is 1. The van der Waals surface area contributed by atoms with Gasteiger partial charge in [-0.2, -0.15) is 0 Å². The van der Waals surface area contributed by atoms with Crippen LogP contribution in [0.3, 0.4) is 0 Å². The van der Waals surface area contributed by atoms with Crippen molar-refractivity contribution in [1.29, 1.82) is 0 Å². The summed E-state index contributed by atoms with van der Waals surface area (Å²) in [6.45, 7) is 6.34. The fraction of sp³-hybridized carbons (Fsp3) is 0.538. The molecule has 6 nitrogen and oxygen atoms in total. The van der Waals surface area contributed by atoms with E-state index in [4.69, 9.17) is 0 Å². The zero-order chi connectivity index (χ0) is 15.6. The van der Waals surface area contributed by atoms with Crippen molar-refractivity contribution in [3.63, 3.8) is 0 Å². The molecule has 0 aromatic carbocycles. The Morgan fingerprint density at radius 3 is 2.67 bits per heavy atom. The molecular weight excluding hydrogens is 310 g/mol. The number of thiazole rings is 1. The summed E-state index contributed by atoms with van der Waals surface area (Å²) in [5.41, 5.74) is 0.713. The molecule has 2 rings (SSSR count). The molecule has 3 amide bonds. The summed E-state index contributed by atoms with van der Waals surface area (Å²) in [5.74, 6) is 0.0736. The monoisotopic (exact) mass is 327 g/mol.